The first-order valence-electron chi connectivity index (χ1n) is 7.71. The molecule has 5 nitrogen and oxygen atoms in total. The number of thiocarbonyl (C=S) groups is 1. The maximum Gasteiger partial charge on any atom is 0.270 e. The van der Waals surface area contributed by atoms with Gasteiger partial charge in [-0.25, -0.2) is 0 Å². The molecule has 26 heavy (non-hydrogen) atoms. The Morgan fingerprint density at radius 2 is 1.62 bits per heavy atom. The van der Waals surface area contributed by atoms with Gasteiger partial charge in [0.15, 0.2) is 4.32 Å². The Morgan fingerprint density at radius 1 is 0.962 bits per heavy atom. The van der Waals surface area contributed by atoms with Gasteiger partial charge in [0.1, 0.15) is 17.2 Å². The second-order valence-electron chi connectivity index (χ2n) is 5.32. The molecule has 0 N–H and O–H groups in total. The molecule has 3 rings (SSSR count). The van der Waals surface area contributed by atoms with Crippen LogP contribution < -0.4 is 19.1 Å². The van der Waals surface area contributed by atoms with Crippen molar-refractivity contribution in [3.8, 4) is 17.2 Å². The van der Waals surface area contributed by atoms with E-state index in [1.807, 2.05) is 6.07 Å². The van der Waals surface area contributed by atoms with Crippen molar-refractivity contribution in [3.63, 3.8) is 0 Å². The average molecular weight is 387 g/mol. The minimum absolute atomic E-state index is 0.171. The molecule has 0 radical (unpaired) electrons. The van der Waals surface area contributed by atoms with Gasteiger partial charge in [-0.3, -0.25) is 9.69 Å². The summed E-state index contributed by atoms with van der Waals surface area (Å²) in [6.45, 7) is 0. The number of benzene rings is 2. The Kier molecular flexibility index (Phi) is 5.49. The fourth-order valence-electron chi connectivity index (χ4n) is 2.52. The zero-order chi connectivity index (χ0) is 18.7. The molecule has 1 aliphatic heterocycles. The van der Waals surface area contributed by atoms with Gasteiger partial charge < -0.3 is 14.2 Å². The normalized spacial score (nSPS) is 15.5. The SMILES string of the molecule is COc1ccc(N2C(=O)/C(=C/c3cc(OC)ccc3OC)SC2=S)cc1. The minimum atomic E-state index is -0.171. The molecule has 0 unspecified atom stereocenters. The molecule has 1 saturated heterocycles. The van der Waals surface area contributed by atoms with Crippen molar-refractivity contribution in [1.29, 1.82) is 0 Å². The summed E-state index contributed by atoms with van der Waals surface area (Å²) in [6, 6.07) is 12.6. The van der Waals surface area contributed by atoms with Crippen LogP contribution in [-0.2, 0) is 4.79 Å². The minimum Gasteiger partial charge on any atom is -0.497 e. The number of hydrogen-bond donors (Lipinski definition) is 0. The number of nitrogens with zero attached hydrogens (tertiary/aromatic N) is 1. The van der Waals surface area contributed by atoms with Crippen molar-refractivity contribution in [3.05, 3.63) is 52.9 Å². The van der Waals surface area contributed by atoms with Gasteiger partial charge in [0, 0.05) is 5.56 Å². The molecule has 1 heterocycles. The molecule has 0 spiro atoms. The molecule has 0 atom stereocenters. The van der Waals surface area contributed by atoms with Gasteiger partial charge >= 0.3 is 0 Å². The number of carbonyl (C=O) groups excluding carboxylic acids is 1. The second-order valence-corrected chi connectivity index (χ2v) is 7.00. The lowest BCUT2D eigenvalue weighted by Gasteiger charge is -2.14. The van der Waals surface area contributed by atoms with E-state index in [2.05, 4.69) is 0 Å². The molecule has 1 fully saturated rings. The van der Waals surface area contributed by atoms with E-state index in [0.717, 1.165) is 11.3 Å². The third-order valence-electron chi connectivity index (χ3n) is 3.85. The van der Waals surface area contributed by atoms with E-state index < -0.39 is 0 Å². The van der Waals surface area contributed by atoms with Gasteiger partial charge in [0.2, 0.25) is 0 Å². The molecule has 1 amide bonds. The zero-order valence-electron chi connectivity index (χ0n) is 14.5. The average Bonchev–Trinajstić information content (AvgIpc) is 2.95. The summed E-state index contributed by atoms with van der Waals surface area (Å²) in [5, 5.41) is 0. The highest BCUT2D eigenvalue weighted by Crippen LogP contribution is 2.38. The molecular formula is C19H17NO4S2. The first-order valence-corrected chi connectivity index (χ1v) is 8.94. The maximum absolute atomic E-state index is 12.9. The first kappa shape index (κ1) is 18.3. The number of ether oxygens (including phenoxy) is 3. The van der Waals surface area contributed by atoms with E-state index in [1.54, 1.807) is 63.8 Å². The van der Waals surface area contributed by atoms with Crippen molar-refractivity contribution >= 4 is 46.0 Å². The summed E-state index contributed by atoms with van der Waals surface area (Å²) in [5.41, 5.74) is 1.45. The molecule has 0 bridgehead atoms. The molecule has 7 heteroatoms. The highest BCUT2D eigenvalue weighted by molar-refractivity contribution is 8.27. The second kappa shape index (κ2) is 7.80. The van der Waals surface area contributed by atoms with Crippen LogP contribution in [0.1, 0.15) is 5.56 Å². The smallest absolute Gasteiger partial charge is 0.270 e. The van der Waals surface area contributed by atoms with E-state index in [-0.39, 0.29) is 5.91 Å². The van der Waals surface area contributed by atoms with Gasteiger partial charge in [-0.05, 0) is 48.5 Å². The van der Waals surface area contributed by atoms with Crippen LogP contribution in [0.4, 0.5) is 5.69 Å². The number of thioether (sulfide) groups is 1. The van der Waals surface area contributed by atoms with Crippen molar-refractivity contribution in [2.75, 3.05) is 26.2 Å². The molecule has 0 saturated carbocycles. The maximum atomic E-state index is 12.9. The van der Waals surface area contributed by atoms with E-state index >= 15 is 0 Å². The number of methoxy groups -OCH3 is 3. The van der Waals surface area contributed by atoms with Gasteiger partial charge in [0.25, 0.3) is 5.91 Å². The highest BCUT2D eigenvalue weighted by Gasteiger charge is 2.33. The summed E-state index contributed by atoms with van der Waals surface area (Å²) in [5.74, 6) is 1.88. The largest absolute Gasteiger partial charge is 0.497 e. The molecule has 2 aromatic rings. The molecule has 2 aromatic carbocycles. The van der Waals surface area contributed by atoms with Gasteiger partial charge in [-0.2, -0.15) is 0 Å². The van der Waals surface area contributed by atoms with Crippen LogP contribution in [-0.4, -0.2) is 31.6 Å². The fraction of sp³-hybridized carbons (Fsp3) is 0.158. The quantitative estimate of drug-likeness (QED) is 0.568. The Morgan fingerprint density at radius 3 is 2.23 bits per heavy atom. The number of rotatable bonds is 5. The molecule has 134 valence electrons. The van der Waals surface area contributed by atoms with Gasteiger partial charge in [-0.1, -0.05) is 24.0 Å². The van der Waals surface area contributed by atoms with Crippen LogP contribution in [0, 0.1) is 0 Å². The number of hydrogen-bond acceptors (Lipinski definition) is 6. The summed E-state index contributed by atoms with van der Waals surface area (Å²) in [6.07, 6.45) is 1.77. The van der Waals surface area contributed by atoms with Crippen LogP contribution >= 0.6 is 24.0 Å². The van der Waals surface area contributed by atoms with Crippen molar-refractivity contribution in [2.24, 2.45) is 0 Å². The number of anilines is 1. The van der Waals surface area contributed by atoms with E-state index in [1.165, 1.54) is 16.7 Å². The van der Waals surface area contributed by atoms with Crippen LogP contribution in [0.5, 0.6) is 17.2 Å². The Balaban J connectivity index is 1.94. The van der Waals surface area contributed by atoms with Gasteiger partial charge in [0.05, 0.1) is 31.9 Å². The molecule has 0 aromatic heterocycles. The van der Waals surface area contributed by atoms with Gasteiger partial charge in [-0.15, -0.1) is 0 Å². The number of carbonyl (C=O) groups is 1. The van der Waals surface area contributed by atoms with Crippen molar-refractivity contribution in [1.82, 2.24) is 0 Å². The molecular weight excluding hydrogens is 370 g/mol. The van der Waals surface area contributed by atoms with E-state index in [0.29, 0.717) is 26.4 Å². The Bertz CT molecular complexity index is 878. The monoisotopic (exact) mass is 387 g/mol. The zero-order valence-corrected chi connectivity index (χ0v) is 16.1. The van der Waals surface area contributed by atoms with Crippen molar-refractivity contribution in [2.45, 2.75) is 0 Å². The van der Waals surface area contributed by atoms with Crippen LogP contribution in [0.15, 0.2) is 47.4 Å². The summed E-state index contributed by atoms with van der Waals surface area (Å²) in [7, 11) is 4.77. The third kappa shape index (κ3) is 3.54. The number of amides is 1. The van der Waals surface area contributed by atoms with E-state index in [9.17, 15) is 4.79 Å². The lowest BCUT2D eigenvalue weighted by molar-refractivity contribution is -0.113. The standard InChI is InChI=1S/C19H17NO4S2/c1-22-14-6-4-13(5-7-14)20-18(21)17(26-19(20)25)11-12-10-15(23-2)8-9-16(12)24-3/h4-11H,1-3H3/b17-11-. The lowest BCUT2D eigenvalue weighted by Crippen LogP contribution is -2.27. The van der Waals surface area contributed by atoms with E-state index in [4.69, 9.17) is 26.4 Å². The molecule has 0 aliphatic carbocycles. The summed E-state index contributed by atoms with van der Waals surface area (Å²) in [4.78, 5) is 14.9. The topological polar surface area (TPSA) is 48.0 Å². The Hall–Kier alpha value is -2.51. The highest BCUT2D eigenvalue weighted by atomic mass is 32.2. The van der Waals surface area contributed by atoms with Crippen molar-refractivity contribution < 1.29 is 19.0 Å². The van der Waals surface area contributed by atoms with Crippen LogP contribution in [0.3, 0.4) is 0 Å². The van der Waals surface area contributed by atoms with Crippen LogP contribution in [0.2, 0.25) is 0 Å². The predicted molar refractivity (Wildman–Crippen MR) is 108 cm³/mol. The summed E-state index contributed by atoms with van der Waals surface area (Å²) < 4.78 is 16.3. The Labute approximate surface area is 161 Å². The molecule has 1 aliphatic rings. The third-order valence-corrected chi connectivity index (χ3v) is 5.15. The first-order chi connectivity index (χ1) is 12.6. The van der Waals surface area contributed by atoms with Crippen LogP contribution in [0.25, 0.3) is 6.08 Å². The fourth-order valence-corrected chi connectivity index (χ4v) is 3.80. The predicted octanol–water partition coefficient (Wildman–Crippen LogP) is 4.12. The lowest BCUT2D eigenvalue weighted by atomic mass is 10.1. The summed E-state index contributed by atoms with van der Waals surface area (Å²) >= 11 is 6.66.